The smallest absolute Gasteiger partial charge is 0.408 e. The van der Waals surface area contributed by atoms with Crippen LogP contribution in [0.4, 0.5) is 4.79 Å². The van der Waals surface area contributed by atoms with Gasteiger partial charge in [0.05, 0.1) is 16.2 Å². The SMILES string of the molecule is CCC(CS(=O)(=O)c1ccccc1)NC(=NC)NCC(C)(C)NC(=O)OC(C)(C)C.I. The van der Waals surface area contributed by atoms with Crippen molar-refractivity contribution in [1.82, 2.24) is 16.0 Å². The van der Waals surface area contributed by atoms with E-state index in [1.165, 1.54) is 0 Å². The molecule has 0 bridgehead atoms. The van der Waals surface area contributed by atoms with E-state index in [2.05, 4.69) is 20.9 Å². The van der Waals surface area contributed by atoms with Gasteiger partial charge in [0.25, 0.3) is 0 Å². The number of amides is 1. The van der Waals surface area contributed by atoms with Crippen molar-refractivity contribution < 1.29 is 17.9 Å². The largest absolute Gasteiger partial charge is 0.444 e. The minimum atomic E-state index is -3.42. The fourth-order valence-corrected chi connectivity index (χ4v) is 4.18. The van der Waals surface area contributed by atoms with Gasteiger partial charge in [0.15, 0.2) is 15.8 Å². The number of hydrogen-bond donors (Lipinski definition) is 3. The Morgan fingerprint density at radius 2 is 1.71 bits per heavy atom. The average molecular weight is 569 g/mol. The number of alkyl carbamates (subject to hydrolysis) is 1. The number of guanidine groups is 1. The molecule has 0 radical (unpaired) electrons. The Kier molecular flexibility index (Phi) is 11.8. The molecular weight excluding hydrogens is 531 g/mol. The highest BCUT2D eigenvalue weighted by Gasteiger charge is 2.26. The highest BCUT2D eigenvalue weighted by Crippen LogP contribution is 2.13. The third-order valence-electron chi connectivity index (χ3n) is 4.12. The maximum Gasteiger partial charge on any atom is 0.408 e. The molecule has 0 saturated heterocycles. The van der Waals surface area contributed by atoms with E-state index in [-0.39, 0.29) is 35.8 Å². The summed E-state index contributed by atoms with van der Waals surface area (Å²) < 4.78 is 30.6. The molecule has 0 saturated carbocycles. The molecule has 178 valence electrons. The summed E-state index contributed by atoms with van der Waals surface area (Å²) in [6, 6.07) is 8.08. The molecule has 0 aromatic heterocycles. The average Bonchev–Trinajstić information content (AvgIpc) is 2.62. The number of aliphatic imine (C=N–C) groups is 1. The second-order valence-corrected chi connectivity index (χ2v) is 10.8. The Bertz CT molecular complexity index is 822. The molecule has 0 aliphatic carbocycles. The first-order chi connectivity index (χ1) is 13.8. The summed E-state index contributed by atoms with van der Waals surface area (Å²) in [4.78, 5) is 16.5. The van der Waals surface area contributed by atoms with Gasteiger partial charge in [-0.25, -0.2) is 13.2 Å². The van der Waals surface area contributed by atoms with Gasteiger partial charge in [-0.05, 0) is 53.2 Å². The lowest BCUT2D eigenvalue weighted by Gasteiger charge is -2.30. The summed E-state index contributed by atoms with van der Waals surface area (Å²) in [7, 11) is -1.81. The summed E-state index contributed by atoms with van der Waals surface area (Å²) in [6.45, 7) is 11.4. The second kappa shape index (κ2) is 12.5. The molecule has 3 N–H and O–H groups in total. The number of halogens is 1. The number of nitrogens with one attached hydrogen (secondary N) is 3. The molecule has 0 aliphatic rings. The fraction of sp³-hybridized carbons (Fsp3) is 0.619. The van der Waals surface area contributed by atoms with Crippen molar-refractivity contribution in [3.05, 3.63) is 30.3 Å². The van der Waals surface area contributed by atoms with Crippen LogP contribution >= 0.6 is 24.0 Å². The van der Waals surface area contributed by atoms with Crippen molar-refractivity contribution in [2.24, 2.45) is 4.99 Å². The van der Waals surface area contributed by atoms with E-state index in [9.17, 15) is 13.2 Å². The summed E-state index contributed by atoms with van der Waals surface area (Å²) >= 11 is 0. The molecule has 0 spiro atoms. The van der Waals surface area contributed by atoms with Gasteiger partial charge in [-0.15, -0.1) is 24.0 Å². The number of carbonyl (C=O) groups is 1. The number of carbonyl (C=O) groups excluding carboxylic acids is 1. The van der Waals surface area contributed by atoms with Gasteiger partial charge in [0.1, 0.15) is 5.60 Å². The summed E-state index contributed by atoms with van der Waals surface area (Å²) in [5, 5.41) is 9.12. The minimum Gasteiger partial charge on any atom is -0.444 e. The Morgan fingerprint density at radius 1 is 1.13 bits per heavy atom. The standard InChI is InChI=1S/C21H36N4O4S.HI/c1-8-16(14-30(27,28)17-12-10-9-11-13-17)24-18(22-7)23-15-21(5,6)25-19(26)29-20(2,3)4;/h9-13,16H,8,14-15H2,1-7H3,(H,25,26)(H2,22,23,24);1H. The van der Waals surface area contributed by atoms with E-state index in [1.54, 1.807) is 58.2 Å². The predicted molar refractivity (Wildman–Crippen MR) is 136 cm³/mol. The van der Waals surface area contributed by atoms with E-state index in [1.807, 2.05) is 20.8 Å². The third kappa shape index (κ3) is 11.6. The Morgan fingerprint density at radius 3 is 2.19 bits per heavy atom. The van der Waals surface area contributed by atoms with Crippen molar-refractivity contribution in [3.8, 4) is 0 Å². The van der Waals surface area contributed by atoms with Crippen LogP contribution in [0.1, 0.15) is 48.0 Å². The molecule has 0 heterocycles. The normalized spacial score (nSPS) is 13.6. The predicted octanol–water partition coefficient (Wildman–Crippen LogP) is 3.33. The van der Waals surface area contributed by atoms with Crippen molar-refractivity contribution in [1.29, 1.82) is 0 Å². The zero-order valence-electron chi connectivity index (χ0n) is 19.5. The number of nitrogens with zero attached hydrogens (tertiary/aromatic N) is 1. The molecule has 1 unspecified atom stereocenters. The van der Waals surface area contributed by atoms with Gasteiger partial charge in [-0.2, -0.15) is 0 Å². The lowest BCUT2D eigenvalue weighted by atomic mass is 10.1. The van der Waals surface area contributed by atoms with Crippen LogP contribution in [0.15, 0.2) is 40.2 Å². The molecule has 0 fully saturated rings. The maximum atomic E-state index is 12.7. The van der Waals surface area contributed by atoms with Crippen LogP contribution in [-0.4, -0.2) is 57.0 Å². The molecule has 1 rings (SSSR count). The molecule has 10 heteroatoms. The summed E-state index contributed by atoms with van der Waals surface area (Å²) in [6.07, 6.45) is 0.101. The van der Waals surface area contributed by atoms with Crippen LogP contribution in [-0.2, 0) is 14.6 Å². The molecule has 1 atom stereocenters. The lowest BCUT2D eigenvalue weighted by Crippen LogP contribution is -2.55. The molecule has 1 aromatic carbocycles. The Labute approximate surface area is 203 Å². The molecule has 8 nitrogen and oxygen atoms in total. The fourth-order valence-electron chi connectivity index (χ4n) is 2.57. The van der Waals surface area contributed by atoms with Gasteiger partial charge in [0, 0.05) is 19.6 Å². The first-order valence-electron chi connectivity index (χ1n) is 10.0. The Hall–Kier alpha value is -1.56. The van der Waals surface area contributed by atoms with Crippen molar-refractivity contribution >= 4 is 45.9 Å². The topological polar surface area (TPSA) is 109 Å². The molecule has 0 aliphatic heterocycles. The van der Waals surface area contributed by atoms with E-state index >= 15 is 0 Å². The van der Waals surface area contributed by atoms with Gasteiger partial charge >= 0.3 is 6.09 Å². The van der Waals surface area contributed by atoms with Crippen LogP contribution in [0.5, 0.6) is 0 Å². The minimum absolute atomic E-state index is 0. The third-order valence-corrected chi connectivity index (χ3v) is 5.95. The molecule has 31 heavy (non-hydrogen) atoms. The monoisotopic (exact) mass is 568 g/mol. The van der Waals surface area contributed by atoms with Crippen LogP contribution in [0.3, 0.4) is 0 Å². The first-order valence-corrected chi connectivity index (χ1v) is 11.7. The zero-order chi connectivity index (χ0) is 23.0. The number of sulfone groups is 1. The second-order valence-electron chi connectivity index (χ2n) is 8.78. The summed E-state index contributed by atoms with van der Waals surface area (Å²) in [5.41, 5.74) is -1.19. The number of benzene rings is 1. The quantitative estimate of drug-likeness (QED) is 0.252. The van der Waals surface area contributed by atoms with Gasteiger partial charge in [-0.1, -0.05) is 25.1 Å². The van der Waals surface area contributed by atoms with Crippen molar-refractivity contribution in [2.75, 3.05) is 19.3 Å². The van der Waals surface area contributed by atoms with Gasteiger partial charge in [0.2, 0.25) is 0 Å². The molecular formula is C21H37IN4O4S. The lowest BCUT2D eigenvalue weighted by molar-refractivity contribution is 0.0474. The van der Waals surface area contributed by atoms with Crippen LogP contribution < -0.4 is 16.0 Å². The van der Waals surface area contributed by atoms with E-state index in [4.69, 9.17) is 4.74 Å². The van der Waals surface area contributed by atoms with Crippen LogP contribution in [0.25, 0.3) is 0 Å². The van der Waals surface area contributed by atoms with Gasteiger partial charge < -0.3 is 20.7 Å². The van der Waals surface area contributed by atoms with Crippen LogP contribution in [0.2, 0.25) is 0 Å². The van der Waals surface area contributed by atoms with Crippen molar-refractivity contribution in [3.63, 3.8) is 0 Å². The van der Waals surface area contributed by atoms with Crippen molar-refractivity contribution in [2.45, 2.75) is 70.0 Å². The highest BCUT2D eigenvalue weighted by atomic mass is 127. The number of ether oxygens (including phenoxy) is 1. The van der Waals surface area contributed by atoms with E-state index in [0.717, 1.165) is 0 Å². The van der Waals surface area contributed by atoms with E-state index < -0.39 is 27.1 Å². The van der Waals surface area contributed by atoms with E-state index in [0.29, 0.717) is 23.8 Å². The number of rotatable bonds is 8. The zero-order valence-corrected chi connectivity index (χ0v) is 22.6. The first kappa shape index (κ1) is 29.4. The number of hydrogen-bond acceptors (Lipinski definition) is 5. The van der Waals surface area contributed by atoms with Crippen LogP contribution in [0, 0.1) is 0 Å². The summed E-state index contributed by atoms with van der Waals surface area (Å²) in [5.74, 6) is 0.414. The van der Waals surface area contributed by atoms with Gasteiger partial charge in [-0.3, -0.25) is 4.99 Å². The highest BCUT2D eigenvalue weighted by molar-refractivity contribution is 14.0. The maximum absolute atomic E-state index is 12.7. The molecule has 1 aromatic rings. The Balaban J connectivity index is 0.00000900. The molecule has 1 amide bonds.